The normalized spacial score (nSPS) is 24.3. The van der Waals surface area contributed by atoms with Crippen molar-refractivity contribution in [2.45, 2.75) is 31.9 Å². The van der Waals surface area contributed by atoms with Gasteiger partial charge in [-0.15, -0.1) is 0 Å². The Morgan fingerprint density at radius 1 is 1.77 bits per heavy atom. The largest absolute Gasteiger partial charge is 0.468 e. The third kappa shape index (κ3) is 3.32. The lowest BCUT2D eigenvalue weighted by Gasteiger charge is -2.14. The fourth-order valence-electron chi connectivity index (χ4n) is 1.37. The van der Waals surface area contributed by atoms with E-state index in [1.54, 1.807) is 6.92 Å². The lowest BCUT2D eigenvalue weighted by atomic mass is 10.2. The van der Waals surface area contributed by atoms with Crippen LogP contribution in [0.15, 0.2) is 0 Å². The van der Waals surface area contributed by atoms with Crippen molar-refractivity contribution in [1.82, 2.24) is 5.32 Å². The molecule has 4 heteroatoms. The summed E-state index contributed by atoms with van der Waals surface area (Å²) in [5.41, 5.74) is 0. The van der Waals surface area contributed by atoms with E-state index in [1.807, 2.05) is 0 Å². The van der Waals surface area contributed by atoms with Crippen molar-refractivity contribution in [3.63, 3.8) is 0 Å². The van der Waals surface area contributed by atoms with Crippen molar-refractivity contribution in [3.8, 4) is 0 Å². The van der Waals surface area contributed by atoms with Crippen molar-refractivity contribution in [2.24, 2.45) is 0 Å². The summed E-state index contributed by atoms with van der Waals surface area (Å²) in [5, 5.41) is 3.08. The summed E-state index contributed by atoms with van der Waals surface area (Å²) in [5.74, 6) is -0.224. The number of hydrogen-bond donors (Lipinski definition) is 1. The summed E-state index contributed by atoms with van der Waals surface area (Å²) in [6.45, 7) is 3.37. The highest BCUT2D eigenvalue weighted by molar-refractivity contribution is 5.75. The molecule has 1 aliphatic heterocycles. The Morgan fingerprint density at radius 3 is 3.08 bits per heavy atom. The van der Waals surface area contributed by atoms with Gasteiger partial charge in [0.05, 0.1) is 13.2 Å². The first-order valence-corrected chi connectivity index (χ1v) is 4.67. The van der Waals surface area contributed by atoms with E-state index in [0.29, 0.717) is 0 Å². The van der Waals surface area contributed by atoms with Crippen LogP contribution in [0.5, 0.6) is 0 Å². The van der Waals surface area contributed by atoms with Crippen LogP contribution < -0.4 is 5.32 Å². The average molecular weight is 187 g/mol. The van der Waals surface area contributed by atoms with Crippen LogP contribution >= 0.6 is 0 Å². The fraction of sp³-hybridized carbons (Fsp3) is 0.889. The van der Waals surface area contributed by atoms with Gasteiger partial charge in [-0.25, -0.2) is 0 Å². The van der Waals surface area contributed by atoms with Crippen molar-refractivity contribution in [3.05, 3.63) is 0 Å². The molecular formula is C9H17NO3. The van der Waals surface area contributed by atoms with Crippen LogP contribution in [0.1, 0.15) is 19.8 Å². The predicted molar refractivity (Wildman–Crippen MR) is 48.5 cm³/mol. The van der Waals surface area contributed by atoms with E-state index in [-0.39, 0.29) is 18.1 Å². The highest BCUT2D eigenvalue weighted by Gasteiger charge is 2.18. The first-order valence-electron chi connectivity index (χ1n) is 4.67. The van der Waals surface area contributed by atoms with Crippen LogP contribution in [0.25, 0.3) is 0 Å². The third-order valence-corrected chi connectivity index (χ3v) is 2.23. The summed E-state index contributed by atoms with van der Waals surface area (Å²) in [6, 6.07) is -0.241. The highest BCUT2D eigenvalue weighted by Crippen LogP contribution is 2.10. The second-order valence-electron chi connectivity index (χ2n) is 3.29. The molecule has 1 rings (SSSR count). The van der Waals surface area contributed by atoms with Gasteiger partial charge in [0, 0.05) is 13.2 Å². The Morgan fingerprint density at radius 2 is 2.54 bits per heavy atom. The molecule has 0 aliphatic carbocycles. The van der Waals surface area contributed by atoms with Crippen molar-refractivity contribution in [2.75, 3.05) is 20.3 Å². The molecule has 13 heavy (non-hydrogen) atoms. The van der Waals surface area contributed by atoms with Gasteiger partial charge in [-0.2, -0.15) is 0 Å². The third-order valence-electron chi connectivity index (χ3n) is 2.23. The molecule has 0 amide bonds. The van der Waals surface area contributed by atoms with Crippen molar-refractivity contribution < 1.29 is 14.3 Å². The van der Waals surface area contributed by atoms with Crippen LogP contribution in [0.4, 0.5) is 0 Å². The molecule has 0 saturated carbocycles. The molecule has 1 heterocycles. The lowest BCUT2D eigenvalue weighted by molar-refractivity contribution is -0.142. The van der Waals surface area contributed by atoms with Gasteiger partial charge in [0.25, 0.3) is 0 Å². The summed E-state index contributed by atoms with van der Waals surface area (Å²) in [4.78, 5) is 11.0. The molecule has 1 saturated heterocycles. The zero-order valence-electron chi connectivity index (χ0n) is 8.21. The monoisotopic (exact) mass is 187 g/mol. The standard InChI is InChI=1S/C9H17NO3/c1-7(9(11)12-2)10-6-8-4-3-5-13-8/h7-8,10H,3-6H2,1-2H3. The molecule has 0 aromatic carbocycles. The van der Waals surface area contributed by atoms with Gasteiger partial charge in [-0.05, 0) is 19.8 Å². The topological polar surface area (TPSA) is 47.6 Å². The van der Waals surface area contributed by atoms with E-state index < -0.39 is 0 Å². The fourth-order valence-corrected chi connectivity index (χ4v) is 1.37. The molecule has 4 nitrogen and oxygen atoms in total. The molecule has 76 valence electrons. The lowest BCUT2D eigenvalue weighted by Crippen LogP contribution is -2.39. The van der Waals surface area contributed by atoms with Gasteiger partial charge in [-0.3, -0.25) is 4.79 Å². The average Bonchev–Trinajstić information content (AvgIpc) is 2.65. The maximum Gasteiger partial charge on any atom is 0.322 e. The Kier molecular flexibility index (Phi) is 4.18. The Bertz CT molecular complexity index is 166. The minimum Gasteiger partial charge on any atom is -0.468 e. The molecule has 0 radical (unpaired) electrons. The van der Waals surface area contributed by atoms with Crippen molar-refractivity contribution >= 4 is 5.97 Å². The van der Waals surface area contributed by atoms with Crippen LogP contribution in [0.3, 0.4) is 0 Å². The van der Waals surface area contributed by atoms with Crippen LogP contribution in [0, 0.1) is 0 Å². The zero-order chi connectivity index (χ0) is 9.68. The smallest absolute Gasteiger partial charge is 0.322 e. The molecular weight excluding hydrogens is 170 g/mol. The van der Waals surface area contributed by atoms with E-state index in [4.69, 9.17) is 4.74 Å². The van der Waals surface area contributed by atoms with Gasteiger partial charge in [-0.1, -0.05) is 0 Å². The van der Waals surface area contributed by atoms with Crippen LogP contribution in [0.2, 0.25) is 0 Å². The molecule has 0 aromatic heterocycles. The van der Waals surface area contributed by atoms with E-state index in [9.17, 15) is 4.79 Å². The molecule has 0 bridgehead atoms. The maximum atomic E-state index is 11.0. The highest BCUT2D eigenvalue weighted by atomic mass is 16.5. The maximum absolute atomic E-state index is 11.0. The number of carbonyl (C=O) groups is 1. The Labute approximate surface area is 78.6 Å². The predicted octanol–water partition coefficient (Wildman–Crippen LogP) is 0.316. The van der Waals surface area contributed by atoms with Crippen LogP contribution in [-0.2, 0) is 14.3 Å². The Hall–Kier alpha value is -0.610. The number of hydrogen-bond acceptors (Lipinski definition) is 4. The van der Waals surface area contributed by atoms with E-state index in [2.05, 4.69) is 10.1 Å². The second kappa shape index (κ2) is 5.19. The summed E-state index contributed by atoms with van der Waals surface area (Å²) < 4.78 is 9.99. The Balaban J connectivity index is 2.13. The second-order valence-corrected chi connectivity index (χ2v) is 3.29. The summed E-state index contributed by atoms with van der Waals surface area (Å²) >= 11 is 0. The quantitative estimate of drug-likeness (QED) is 0.644. The molecule has 0 aromatic rings. The van der Waals surface area contributed by atoms with Crippen LogP contribution in [-0.4, -0.2) is 38.4 Å². The molecule has 2 atom stereocenters. The number of carbonyl (C=O) groups excluding carboxylic acids is 1. The first kappa shape index (κ1) is 10.5. The van der Waals surface area contributed by atoms with E-state index >= 15 is 0 Å². The summed E-state index contributed by atoms with van der Waals surface area (Å²) in [6.07, 6.45) is 2.48. The van der Waals surface area contributed by atoms with Gasteiger partial charge >= 0.3 is 5.97 Å². The number of ether oxygens (including phenoxy) is 2. The van der Waals surface area contributed by atoms with Gasteiger partial charge in [0.15, 0.2) is 0 Å². The SMILES string of the molecule is COC(=O)C(C)NCC1CCCO1. The first-order chi connectivity index (χ1) is 6.24. The molecule has 1 aliphatic rings. The van der Waals surface area contributed by atoms with Crippen molar-refractivity contribution in [1.29, 1.82) is 0 Å². The number of methoxy groups -OCH3 is 1. The van der Waals surface area contributed by atoms with Gasteiger partial charge in [0.1, 0.15) is 6.04 Å². The number of nitrogens with one attached hydrogen (secondary N) is 1. The minimum absolute atomic E-state index is 0.224. The van der Waals surface area contributed by atoms with E-state index in [0.717, 1.165) is 26.0 Å². The molecule has 1 N–H and O–H groups in total. The van der Waals surface area contributed by atoms with E-state index in [1.165, 1.54) is 7.11 Å². The summed E-state index contributed by atoms with van der Waals surface area (Å²) in [7, 11) is 1.40. The number of esters is 1. The van der Waals surface area contributed by atoms with Gasteiger partial charge < -0.3 is 14.8 Å². The van der Waals surface area contributed by atoms with Gasteiger partial charge in [0.2, 0.25) is 0 Å². The minimum atomic E-state index is -0.241. The number of rotatable bonds is 4. The molecule has 1 fully saturated rings. The zero-order valence-corrected chi connectivity index (χ0v) is 8.21. The molecule has 0 spiro atoms. The molecule has 2 unspecified atom stereocenters.